The van der Waals surface area contributed by atoms with Crippen molar-refractivity contribution in [3.8, 4) is 11.4 Å². The first-order valence-electron chi connectivity index (χ1n) is 6.55. The number of hydrogen-bond acceptors (Lipinski definition) is 2. The fourth-order valence-corrected chi connectivity index (χ4v) is 2.30. The van der Waals surface area contributed by atoms with Crippen LogP contribution in [0.2, 0.25) is 0 Å². The number of benzene rings is 1. The summed E-state index contributed by atoms with van der Waals surface area (Å²) in [5, 5.41) is 0. The molecule has 0 amide bonds. The van der Waals surface area contributed by atoms with Gasteiger partial charge in [-0.1, -0.05) is 38.1 Å². The molecule has 0 bridgehead atoms. The third-order valence-electron chi connectivity index (χ3n) is 2.97. The van der Waals surface area contributed by atoms with Crippen LogP contribution in [-0.4, -0.2) is 9.97 Å². The van der Waals surface area contributed by atoms with E-state index in [2.05, 4.69) is 25.9 Å². The molecule has 3 nitrogen and oxygen atoms in total. The van der Waals surface area contributed by atoms with E-state index in [1.807, 2.05) is 13.8 Å². The maximum absolute atomic E-state index is 12.5. The summed E-state index contributed by atoms with van der Waals surface area (Å²) in [4.78, 5) is 19.0. The van der Waals surface area contributed by atoms with Crippen LogP contribution in [-0.2, 0) is 6.42 Å². The van der Waals surface area contributed by atoms with Crippen LogP contribution in [0.3, 0.4) is 0 Å². The van der Waals surface area contributed by atoms with Gasteiger partial charge in [0.05, 0.1) is 5.69 Å². The molecule has 0 radical (unpaired) electrons. The molecule has 0 aliphatic rings. The molecule has 1 heterocycles. The third kappa shape index (κ3) is 3.75. The minimum atomic E-state index is -2.51. The molecule has 1 aromatic carbocycles. The summed E-state index contributed by atoms with van der Waals surface area (Å²) in [5.74, 6) is 0.740. The SMILES string of the molecule is CC(C)Cc1nc(-c2ccc(C(F)F)cc2)[nH]c(=O)c1Br. The Bertz CT molecular complexity index is 681. The normalized spacial score (nSPS) is 11.4. The maximum atomic E-state index is 12.5. The quantitative estimate of drug-likeness (QED) is 0.885. The van der Waals surface area contributed by atoms with Crippen LogP contribution in [0.25, 0.3) is 11.4 Å². The fourth-order valence-electron chi connectivity index (χ4n) is 1.95. The summed E-state index contributed by atoms with van der Waals surface area (Å²) in [5.41, 5.74) is 0.949. The molecule has 6 heteroatoms. The molecule has 0 saturated heterocycles. The molecular formula is C15H15BrF2N2O. The van der Waals surface area contributed by atoms with E-state index in [1.54, 1.807) is 0 Å². The molecule has 0 fully saturated rings. The highest BCUT2D eigenvalue weighted by molar-refractivity contribution is 9.10. The molecule has 2 aromatic rings. The Hall–Kier alpha value is -1.56. The number of rotatable bonds is 4. The summed E-state index contributed by atoms with van der Waals surface area (Å²) in [6.07, 6.45) is -1.85. The average Bonchev–Trinajstić information content (AvgIpc) is 2.43. The van der Waals surface area contributed by atoms with E-state index in [4.69, 9.17) is 0 Å². The summed E-state index contributed by atoms with van der Waals surface area (Å²) in [7, 11) is 0. The number of aromatic nitrogens is 2. The number of aromatic amines is 1. The predicted molar refractivity (Wildman–Crippen MR) is 81.5 cm³/mol. The van der Waals surface area contributed by atoms with Gasteiger partial charge in [0.2, 0.25) is 0 Å². The fraction of sp³-hybridized carbons (Fsp3) is 0.333. The Balaban J connectivity index is 2.44. The second-order valence-electron chi connectivity index (χ2n) is 5.20. The molecule has 1 N–H and O–H groups in total. The standard InChI is InChI=1S/C15H15BrF2N2O/c1-8(2)7-11-12(16)15(21)20-14(19-11)10-5-3-9(4-6-10)13(17)18/h3-6,8,13H,7H2,1-2H3,(H,19,20,21). The van der Waals surface area contributed by atoms with Crippen molar-refractivity contribution in [1.82, 2.24) is 9.97 Å². The van der Waals surface area contributed by atoms with Crippen molar-refractivity contribution >= 4 is 15.9 Å². The van der Waals surface area contributed by atoms with Gasteiger partial charge in [0.25, 0.3) is 12.0 Å². The lowest BCUT2D eigenvalue weighted by atomic mass is 10.1. The van der Waals surface area contributed by atoms with E-state index < -0.39 is 6.43 Å². The largest absolute Gasteiger partial charge is 0.306 e. The van der Waals surface area contributed by atoms with E-state index in [0.29, 0.717) is 33.9 Å². The number of nitrogens with one attached hydrogen (secondary N) is 1. The lowest BCUT2D eigenvalue weighted by molar-refractivity contribution is 0.151. The highest BCUT2D eigenvalue weighted by atomic mass is 79.9. The second kappa shape index (κ2) is 6.47. The molecule has 0 atom stereocenters. The van der Waals surface area contributed by atoms with Crippen molar-refractivity contribution < 1.29 is 8.78 Å². The van der Waals surface area contributed by atoms with Crippen molar-refractivity contribution in [3.05, 3.63) is 50.3 Å². The van der Waals surface area contributed by atoms with E-state index in [0.717, 1.165) is 0 Å². The topological polar surface area (TPSA) is 45.8 Å². The van der Waals surface area contributed by atoms with Gasteiger partial charge < -0.3 is 4.98 Å². The highest BCUT2D eigenvalue weighted by Crippen LogP contribution is 2.23. The molecule has 0 unspecified atom stereocenters. The van der Waals surface area contributed by atoms with Crippen LogP contribution < -0.4 is 5.56 Å². The number of H-pyrrole nitrogens is 1. The van der Waals surface area contributed by atoms with Gasteiger partial charge in [-0.05, 0) is 28.3 Å². The van der Waals surface area contributed by atoms with Crippen LogP contribution in [0.5, 0.6) is 0 Å². The van der Waals surface area contributed by atoms with E-state index in [1.165, 1.54) is 24.3 Å². The number of alkyl halides is 2. The first-order chi connectivity index (χ1) is 9.88. The first kappa shape index (κ1) is 15.8. The van der Waals surface area contributed by atoms with Crippen LogP contribution in [0.15, 0.2) is 33.5 Å². The average molecular weight is 357 g/mol. The third-order valence-corrected chi connectivity index (χ3v) is 3.79. The molecule has 2 rings (SSSR count). The summed E-state index contributed by atoms with van der Waals surface area (Å²) >= 11 is 3.24. The zero-order chi connectivity index (χ0) is 15.6. The molecule has 1 aromatic heterocycles. The lowest BCUT2D eigenvalue weighted by Crippen LogP contribution is -2.15. The Kier molecular flexibility index (Phi) is 4.88. The van der Waals surface area contributed by atoms with Crippen molar-refractivity contribution in [1.29, 1.82) is 0 Å². The minimum absolute atomic E-state index is 0.0550. The zero-order valence-electron chi connectivity index (χ0n) is 11.7. The predicted octanol–water partition coefficient (Wildman–Crippen LogP) is 4.34. The molecule has 112 valence electrons. The summed E-state index contributed by atoms with van der Waals surface area (Å²) < 4.78 is 25.5. The zero-order valence-corrected chi connectivity index (χ0v) is 13.2. The van der Waals surface area contributed by atoms with Crippen LogP contribution in [0.1, 0.15) is 31.5 Å². The van der Waals surface area contributed by atoms with E-state index in [9.17, 15) is 13.6 Å². The second-order valence-corrected chi connectivity index (χ2v) is 5.99. The molecular weight excluding hydrogens is 342 g/mol. The van der Waals surface area contributed by atoms with Crippen LogP contribution in [0.4, 0.5) is 8.78 Å². The number of hydrogen-bond donors (Lipinski definition) is 1. The Morgan fingerprint density at radius 1 is 1.24 bits per heavy atom. The van der Waals surface area contributed by atoms with Crippen molar-refractivity contribution in [2.24, 2.45) is 5.92 Å². The van der Waals surface area contributed by atoms with Crippen molar-refractivity contribution in [3.63, 3.8) is 0 Å². The molecule has 0 aliphatic heterocycles. The molecule has 0 saturated carbocycles. The summed E-state index contributed by atoms with van der Waals surface area (Å²) in [6, 6.07) is 5.74. The minimum Gasteiger partial charge on any atom is -0.306 e. The monoisotopic (exact) mass is 356 g/mol. The van der Waals surface area contributed by atoms with E-state index >= 15 is 0 Å². The van der Waals surface area contributed by atoms with Gasteiger partial charge in [-0.2, -0.15) is 0 Å². The number of nitrogens with zero attached hydrogens (tertiary/aromatic N) is 1. The highest BCUT2D eigenvalue weighted by Gasteiger charge is 2.12. The van der Waals surface area contributed by atoms with Crippen LogP contribution in [0, 0.1) is 5.92 Å². The smallest absolute Gasteiger partial charge is 0.265 e. The van der Waals surface area contributed by atoms with Gasteiger partial charge in [0.1, 0.15) is 10.3 Å². The van der Waals surface area contributed by atoms with Crippen molar-refractivity contribution in [2.45, 2.75) is 26.7 Å². The Morgan fingerprint density at radius 3 is 2.38 bits per heavy atom. The van der Waals surface area contributed by atoms with Gasteiger partial charge in [0, 0.05) is 11.1 Å². The lowest BCUT2D eigenvalue weighted by Gasteiger charge is -2.09. The molecule has 21 heavy (non-hydrogen) atoms. The Labute approximate surface area is 129 Å². The van der Waals surface area contributed by atoms with Crippen molar-refractivity contribution in [2.75, 3.05) is 0 Å². The van der Waals surface area contributed by atoms with Gasteiger partial charge in [-0.15, -0.1) is 0 Å². The van der Waals surface area contributed by atoms with Gasteiger partial charge in [-0.25, -0.2) is 13.8 Å². The Morgan fingerprint density at radius 2 is 1.86 bits per heavy atom. The maximum Gasteiger partial charge on any atom is 0.265 e. The molecule has 0 spiro atoms. The van der Waals surface area contributed by atoms with E-state index in [-0.39, 0.29) is 11.1 Å². The molecule has 0 aliphatic carbocycles. The van der Waals surface area contributed by atoms with Gasteiger partial charge in [0.15, 0.2) is 0 Å². The van der Waals surface area contributed by atoms with Crippen LogP contribution >= 0.6 is 15.9 Å². The first-order valence-corrected chi connectivity index (χ1v) is 7.35. The summed E-state index contributed by atoms with van der Waals surface area (Å²) in [6.45, 7) is 4.07. The number of halogens is 3. The van der Waals surface area contributed by atoms with Gasteiger partial charge in [-0.3, -0.25) is 4.79 Å². The van der Waals surface area contributed by atoms with Gasteiger partial charge >= 0.3 is 0 Å².